The molecule has 84 valence electrons. The number of aromatic nitrogens is 1. The Kier molecular flexibility index (Phi) is 3.03. The Bertz CT molecular complexity index is 376. The summed E-state index contributed by atoms with van der Waals surface area (Å²) in [6.07, 6.45) is -7.71. The van der Waals surface area contributed by atoms with Crippen LogP contribution in [-0.4, -0.2) is 4.98 Å². The SMILES string of the molecule is Nc1ncc(Cl)c(C(F)F)c1C(F)(F)F. The minimum absolute atomic E-state index is 0.660. The van der Waals surface area contributed by atoms with Crippen molar-refractivity contribution in [2.45, 2.75) is 12.6 Å². The Hall–Kier alpha value is -1.11. The van der Waals surface area contributed by atoms with E-state index in [2.05, 4.69) is 4.98 Å². The van der Waals surface area contributed by atoms with Crippen molar-refractivity contribution in [3.05, 3.63) is 22.3 Å². The lowest BCUT2D eigenvalue weighted by molar-refractivity contribution is -0.139. The molecule has 2 N–H and O–H groups in total. The second-order valence-electron chi connectivity index (χ2n) is 2.58. The molecule has 0 bridgehead atoms. The average molecular weight is 247 g/mol. The predicted molar refractivity (Wildman–Crippen MR) is 43.6 cm³/mol. The van der Waals surface area contributed by atoms with Gasteiger partial charge in [0.15, 0.2) is 0 Å². The molecular formula is C7H4ClF5N2. The smallest absolute Gasteiger partial charge is 0.383 e. The van der Waals surface area contributed by atoms with E-state index in [0.717, 1.165) is 0 Å². The van der Waals surface area contributed by atoms with Crippen LogP contribution < -0.4 is 5.73 Å². The van der Waals surface area contributed by atoms with Gasteiger partial charge in [-0.25, -0.2) is 13.8 Å². The van der Waals surface area contributed by atoms with E-state index in [9.17, 15) is 22.0 Å². The van der Waals surface area contributed by atoms with Crippen LogP contribution in [0.2, 0.25) is 5.02 Å². The zero-order valence-corrected chi connectivity index (χ0v) is 7.70. The van der Waals surface area contributed by atoms with Crippen LogP contribution in [0.1, 0.15) is 17.6 Å². The highest BCUT2D eigenvalue weighted by Gasteiger charge is 2.40. The third-order valence-electron chi connectivity index (χ3n) is 1.60. The molecule has 0 saturated heterocycles. The van der Waals surface area contributed by atoms with E-state index in [1.54, 1.807) is 0 Å². The summed E-state index contributed by atoms with van der Waals surface area (Å²) in [5.41, 5.74) is 1.88. The molecule has 1 rings (SSSR count). The summed E-state index contributed by atoms with van der Waals surface area (Å²) in [4.78, 5) is 3.08. The molecule has 1 heterocycles. The number of rotatable bonds is 1. The van der Waals surface area contributed by atoms with Gasteiger partial charge in [0.05, 0.1) is 10.6 Å². The normalized spacial score (nSPS) is 12.2. The molecule has 0 aromatic carbocycles. The van der Waals surface area contributed by atoms with E-state index in [4.69, 9.17) is 17.3 Å². The van der Waals surface area contributed by atoms with Gasteiger partial charge in [-0.3, -0.25) is 0 Å². The molecule has 0 aliphatic carbocycles. The number of nitrogens with zero attached hydrogens (tertiary/aromatic N) is 1. The number of nitrogen functional groups attached to an aromatic ring is 1. The van der Waals surface area contributed by atoms with E-state index in [0.29, 0.717) is 6.20 Å². The van der Waals surface area contributed by atoms with Crippen LogP contribution in [0.4, 0.5) is 27.8 Å². The van der Waals surface area contributed by atoms with Crippen LogP contribution in [-0.2, 0) is 6.18 Å². The monoisotopic (exact) mass is 246 g/mol. The van der Waals surface area contributed by atoms with Gasteiger partial charge in [0.25, 0.3) is 6.43 Å². The van der Waals surface area contributed by atoms with Crippen LogP contribution >= 0.6 is 11.6 Å². The zero-order chi connectivity index (χ0) is 11.8. The van der Waals surface area contributed by atoms with Crippen LogP contribution in [0.3, 0.4) is 0 Å². The van der Waals surface area contributed by atoms with Crippen molar-refractivity contribution in [3.63, 3.8) is 0 Å². The summed E-state index contributed by atoms with van der Waals surface area (Å²) in [7, 11) is 0. The van der Waals surface area contributed by atoms with Crippen molar-refractivity contribution >= 4 is 17.4 Å². The lowest BCUT2D eigenvalue weighted by atomic mass is 10.1. The minimum Gasteiger partial charge on any atom is -0.383 e. The second kappa shape index (κ2) is 3.80. The Morgan fingerprint density at radius 1 is 1.33 bits per heavy atom. The Morgan fingerprint density at radius 3 is 2.20 bits per heavy atom. The molecule has 0 spiro atoms. The molecule has 0 saturated carbocycles. The summed E-state index contributed by atoms with van der Waals surface area (Å²) in [6, 6.07) is 0. The third-order valence-corrected chi connectivity index (χ3v) is 1.90. The van der Waals surface area contributed by atoms with E-state index in [-0.39, 0.29) is 0 Å². The highest BCUT2D eigenvalue weighted by molar-refractivity contribution is 6.31. The first-order valence-electron chi connectivity index (χ1n) is 3.54. The van der Waals surface area contributed by atoms with Crippen LogP contribution in [0.5, 0.6) is 0 Å². The number of anilines is 1. The molecular weight excluding hydrogens is 243 g/mol. The molecule has 0 atom stereocenters. The number of nitrogens with two attached hydrogens (primary N) is 1. The van der Waals surface area contributed by atoms with Crippen molar-refractivity contribution in [1.82, 2.24) is 4.98 Å². The van der Waals surface area contributed by atoms with Gasteiger partial charge in [-0.2, -0.15) is 13.2 Å². The predicted octanol–water partition coefficient (Wildman–Crippen LogP) is 3.27. The first kappa shape index (κ1) is 12.0. The quantitative estimate of drug-likeness (QED) is 0.773. The van der Waals surface area contributed by atoms with Crippen molar-refractivity contribution in [3.8, 4) is 0 Å². The fraction of sp³-hybridized carbons (Fsp3) is 0.286. The van der Waals surface area contributed by atoms with Crippen molar-refractivity contribution < 1.29 is 22.0 Å². The lowest BCUT2D eigenvalue weighted by Crippen LogP contribution is -2.14. The maximum Gasteiger partial charge on any atom is 0.420 e. The molecule has 0 amide bonds. The van der Waals surface area contributed by atoms with E-state index in [1.807, 2.05) is 0 Å². The van der Waals surface area contributed by atoms with E-state index >= 15 is 0 Å². The summed E-state index contributed by atoms with van der Waals surface area (Å²) in [6.45, 7) is 0. The molecule has 8 heteroatoms. The molecule has 1 aromatic rings. The average Bonchev–Trinajstić information content (AvgIpc) is 2.05. The largest absolute Gasteiger partial charge is 0.420 e. The van der Waals surface area contributed by atoms with Gasteiger partial charge in [0.1, 0.15) is 11.4 Å². The van der Waals surface area contributed by atoms with Gasteiger partial charge in [0, 0.05) is 6.20 Å². The lowest BCUT2D eigenvalue weighted by Gasteiger charge is -2.14. The Morgan fingerprint density at radius 2 is 1.87 bits per heavy atom. The Labute approximate surface area is 85.9 Å². The highest BCUT2D eigenvalue weighted by atomic mass is 35.5. The summed E-state index contributed by atoms with van der Waals surface area (Å²) in [5.74, 6) is -1.01. The summed E-state index contributed by atoms with van der Waals surface area (Å²) >= 11 is 5.20. The topological polar surface area (TPSA) is 38.9 Å². The van der Waals surface area contributed by atoms with E-state index < -0.39 is 34.6 Å². The Balaban J connectivity index is 3.53. The highest BCUT2D eigenvalue weighted by Crippen LogP contribution is 2.41. The molecule has 15 heavy (non-hydrogen) atoms. The maximum atomic E-state index is 12.3. The molecule has 1 aromatic heterocycles. The van der Waals surface area contributed by atoms with Gasteiger partial charge < -0.3 is 5.73 Å². The molecule has 2 nitrogen and oxygen atoms in total. The van der Waals surface area contributed by atoms with Crippen LogP contribution in [0, 0.1) is 0 Å². The first-order valence-corrected chi connectivity index (χ1v) is 3.92. The third kappa shape index (κ3) is 2.28. The second-order valence-corrected chi connectivity index (χ2v) is 2.99. The molecule has 0 unspecified atom stereocenters. The molecule has 0 fully saturated rings. The number of pyridine rings is 1. The molecule has 0 radical (unpaired) electrons. The number of hydrogen-bond acceptors (Lipinski definition) is 2. The van der Waals surface area contributed by atoms with Crippen molar-refractivity contribution in [2.75, 3.05) is 5.73 Å². The fourth-order valence-corrected chi connectivity index (χ4v) is 1.25. The molecule has 0 aliphatic rings. The van der Waals surface area contributed by atoms with Gasteiger partial charge >= 0.3 is 6.18 Å². The number of halogens is 6. The van der Waals surface area contributed by atoms with E-state index in [1.165, 1.54) is 0 Å². The standard InChI is InChI=1S/C7H4ClF5N2/c8-2-1-15-6(14)4(7(11,12)13)3(2)5(9)10/h1,5H,(H2,14,15). The van der Waals surface area contributed by atoms with Crippen molar-refractivity contribution in [1.29, 1.82) is 0 Å². The van der Waals surface area contributed by atoms with Gasteiger partial charge in [0.2, 0.25) is 0 Å². The summed E-state index contributed by atoms with van der Waals surface area (Å²) < 4.78 is 61.7. The zero-order valence-electron chi connectivity index (χ0n) is 6.95. The minimum atomic E-state index is -5.01. The number of alkyl halides is 5. The van der Waals surface area contributed by atoms with Crippen LogP contribution in [0.25, 0.3) is 0 Å². The molecule has 0 aliphatic heterocycles. The first-order chi connectivity index (χ1) is 6.75. The maximum absolute atomic E-state index is 12.3. The van der Waals surface area contributed by atoms with Gasteiger partial charge in [-0.05, 0) is 0 Å². The number of hydrogen-bond donors (Lipinski definition) is 1. The van der Waals surface area contributed by atoms with Crippen molar-refractivity contribution in [2.24, 2.45) is 0 Å². The fourth-order valence-electron chi connectivity index (χ4n) is 1.03. The van der Waals surface area contributed by atoms with Gasteiger partial charge in [-0.1, -0.05) is 11.6 Å². The van der Waals surface area contributed by atoms with Gasteiger partial charge in [-0.15, -0.1) is 0 Å². The summed E-state index contributed by atoms with van der Waals surface area (Å²) in [5, 5.41) is -0.758. The van der Waals surface area contributed by atoms with Crippen LogP contribution in [0.15, 0.2) is 6.20 Å².